The first kappa shape index (κ1) is 30.7. The Labute approximate surface area is 277 Å². The van der Waals surface area contributed by atoms with Crippen molar-refractivity contribution in [2.24, 2.45) is 5.92 Å². The number of hydrogen-bond acceptors (Lipinski definition) is 9. The fourth-order valence-electron chi connectivity index (χ4n) is 8.34. The fourth-order valence-corrected chi connectivity index (χ4v) is 9.62. The fraction of sp³-hybridized carbons (Fsp3) is 0.485. The number of nitrogen functional groups attached to an aromatic ring is 1. The van der Waals surface area contributed by atoms with E-state index >= 15 is 13.2 Å². The number of hydrogen-bond donors (Lipinski definition) is 1. The van der Waals surface area contributed by atoms with Crippen LogP contribution in [0.15, 0.2) is 12.1 Å². The van der Waals surface area contributed by atoms with Gasteiger partial charge in [-0.2, -0.15) is 15.2 Å². The number of alkyl halides is 2. The van der Waals surface area contributed by atoms with E-state index in [4.69, 9.17) is 26.8 Å². The zero-order chi connectivity index (χ0) is 32.8. The van der Waals surface area contributed by atoms with Gasteiger partial charge in [0.1, 0.15) is 34.8 Å². The molecule has 3 fully saturated rings. The third-order valence-electron chi connectivity index (χ3n) is 10.3. The number of benzene rings is 2. The summed E-state index contributed by atoms with van der Waals surface area (Å²) in [6.45, 7) is 4.53. The van der Waals surface area contributed by atoms with Gasteiger partial charge >= 0.3 is 6.01 Å². The predicted octanol–water partition coefficient (Wildman–Crippen LogP) is 7.54. The lowest BCUT2D eigenvalue weighted by molar-refractivity contribution is -0.0539. The molecule has 0 spiro atoms. The number of nitrogens with two attached hydrogens (primary N) is 1. The van der Waals surface area contributed by atoms with Crippen molar-refractivity contribution in [2.75, 3.05) is 43.5 Å². The number of halogens is 5. The summed E-state index contributed by atoms with van der Waals surface area (Å²) in [7, 11) is 0. The first-order valence-electron chi connectivity index (χ1n) is 15.8. The zero-order valence-corrected chi connectivity index (χ0v) is 27.1. The van der Waals surface area contributed by atoms with Crippen molar-refractivity contribution in [3.63, 3.8) is 0 Å². The topological polar surface area (TPSA) is 101 Å². The molecule has 2 N–H and O–H groups in total. The van der Waals surface area contributed by atoms with Crippen LogP contribution in [0, 0.1) is 28.9 Å². The second-order valence-electron chi connectivity index (χ2n) is 13.2. The Hall–Kier alpha value is -3.60. The van der Waals surface area contributed by atoms with Gasteiger partial charge < -0.3 is 20.1 Å². The first-order chi connectivity index (χ1) is 22.5. The summed E-state index contributed by atoms with van der Waals surface area (Å²) in [6.07, 6.45) is 2.80. The largest absolute Gasteiger partial charge is 0.491 e. The molecule has 2 aromatic carbocycles. The Morgan fingerprint density at radius 2 is 2.00 bits per heavy atom. The number of aromatic nitrogens is 2. The van der Waals surface area contributed by atoms with E-state index in [0.29, 0.717) is 5.92 Å². The van der Waals surface area contributed by atoms with Gasteiger partial charge in [0, 0.05) is 36.9 Å². The third-order valence-corrected chi connectivity index (χ3v) is 11.7. The van der Waals surface area contributed by atoms with Gasteiger partial charge in [0.2, 0.25) is 0 Å². The average Bonchev–Trinajstić information content (AvgIpc) is 3.67. The average molecular weight is 687 g/mol. The van der Waals surface area contributed by atoms with Crippen LogP contribution < -0.4 is 20.1 Å². The highest BCUT2D eigenvalue weighted by atomic mass is 35.5. The van der Waals surface area contributed by atoms with E-state index in [9.17, 15) is 9.65 Å². The van der Waals surface area contributed by atoms with Gasteiger partial charge in [-0.25, -0.2) is 17.6 Å². The summed E-state index contributed by atoms with van der Waals surface area (Å²) in [4.78, 5) is 13.2. The molecular weight excluding hydrogens is 656 g/mol. The summed E-state index contributed by atoms with van der Waals surface area (Å²) in [5.74, 6) is -3.97. The molecule has 2 aromatic heterocycles. The van der Waals surface area contributed by atoms with E-state index < -0.39 is 23.6 Å². The second-order valence-corrected chi connectivity index (χ2v) is 14.7. The summed E-state index contributed by atoms with van der Waals surface area (Å²) in [5, 5.41) is 9.99. The maximum Gasteiger partial charge on any atom is 0.319 e. The van der Waals surface area contributed by atoms with Gasteiger partial charge in [-0.05, 0) is 49.8 Å². The lowest BCUT2D eigenvalue weighted by Gasteiger charge is -2.43. The molecule has 246 valence electrons. The first-order valence-corrected chi connectivity index (χ1v) is 17.0. The molecule has 4 aliphatic rings. The van der Waals surface area contributed by atoms with E-state index in [1.807, 2.05) is 6.07 Å². The molecule has 14 heteroatoms. The number of thiophene rings is 1. The predicted molar refractivity (Wildman–Crippen MR) is 173 cm³/mol. The van der Waals surface area contributed by atoms with Gasteiger partial charge in [-0.3, -0.25) is 4.90 Å². The SMILES string of the molecule is C[C@H]1CN2CCCC2(COc2nc3c4c(c(Cl)c(-c5ccc(F)c6sc(N)c(C#N)c56)c(F)c4n2)OCCC2N3CCCC2(F)F)C1. The summed E-state index contributed by atoms with van der Waals surface area (Å²) >= 11 is 7.85. The lowest BCUT2D eigenvalue weighted by Crippen LogP contribution is -2.54. The number of nitrogens with zero attached hydrogens (tertiary/aromatic N) is 5. The van der Waals surface area contributed by atoms with Crippen molar-refractivity contribution < 1.29 is 27.0 Å². The molecule has 0 radical (unpaired) electrons. The highest BCUT2D eigenvalue weighted by molar-refractivity contribution is 7.23. The van der Waals surface area contributed by atoms with Crippen LogP contribution in [0.25, 0.3) is 32.1 Å². The standard InChI is InChI=1S/C33H31ClF4N6O2S/c1-16-12-32(7-2-9-43(32)14-16)15-46-31-41-26-23-27(45-11-6-20-33(37,38)8-3-10-44(20)30(23)42-31)24(34)22(25(26)36)17-4-5-19(35)28-21(17)18(13-39)29(40)47-28/h4-5,16,20H,2-3,6-12,14-15,40H2,1H3/t16-,20?,32?/m1/s1. The summed E-state index contributed by atoms with van der Waals surface area (Å²) < 4.78 is 75.4. The van der Waals surface area contributed by atoms with Crippen molar-refractivity contribution in [2.45, 2.75) is 63.0 Å². The van der Waals surface area contributed by atoms with Gasteiger partial charge in [-0.1, -0.05) is 24.6 Å². The molecular formula is C33H31ClF4N6O2S. The van der Waals surface area contributed by atoms with Crippen molar-refractivity contribution in [1.29, 1.82) is 5.26 Å². The maximum absolute atomic E-state index is 17.1. The maximum atomic E-state index is 17.1. The van der Waals surface area contributed by atoms with Crippen LogP contribution >= 0.6 is 22.9 Å². The minimum atomic E-state index is -3.03. The van der Waals surface area contributed by atoms with E-state index in [-0.39, 0.29) is 110 Å². The van der Waals surface area contributed by atoms with E-state index in [1.165, 1.54) is 11.0 Å². The summed E-state index contributed by atoms with van der Waals surface area (Å²) in [6, 6.07) is 3.13. The van der Waals surface area contributed by atoms with Crippen LogP contribution in [0.1, 0.15) is 51.0 Å². The normalized spacial score (nSPS) is 25.3. The molecule has 6 heterocycles. The highest BCUT2D eigenvalue weighted by Gasteiger charge is 2.49. The molecule has 4 aromatic rings. The molecule has 4 aliphatic heterocycles. The van der Waals surface area contributed by atoms with Gasteiger partial charge in [0.05, 0.1) is 38.9 Å². The molecule has 47 heavy (non-hydrogen) atoms. The number of fused-ring (bicyclic) bond motifs is 4. The Kier molecular flexibility index (Phi) is 7.17. The van der Waals surface area contributed by atoms with Crippen LogP contribution in [0.3, 0.4) is 0 Å². The van der Waals surface area contributed by atoms with Crippen molar-refractivity contribution in [3.8, 4) is 29.0 Å². The monoisotopic (exact) mass is 686 g/mol. The van der Waals surface area contributed by atoms with E-state index in [1.54, 1.807) is 0 Å². The van der Waals surface area contributed by atoms with Crippen LogP contribution in [0.5, 0.6) is 11.8 Å². The molecule has 2 unspecified atom stereocenters. The second kappa shape index (κ2) is 11.0. The molecule has 0 aliphatic carbocycles. The van der Waals surface area contributed by atoms with Gasteiger partial charge in [-0.15, -0.1) is 11.3 Å². The van der Waals surface area contributed by atoms with Crippen molar-refractivity contribution in [3.05, 3.63) is 34.4 Å². The van der Waals surface area contributed by atoms with Gasteiger partial charge in [0.25, 0.3) is 5.92 Å². The Morgan fingerprint density at radius 1 is 1.19 bits per heavy atom. The number of ether oxygens (including phenoxy) is 2. The van der Waals surface area contributed by atoms with Gasteiger partial charge in [0.15, 0.2) is 11.6 Å². The quantitative estimate of drug-likeness (QED) is 0.220. The number of anilines is 2. The molecule has 8 nitrogen and oxygen atoms in total. The smallest absolute Gasteiger partial charge is 0.319 e. The molecule has 0 bridgehead atoms. The minimum absolute atomic E-state index is 0.00407. The molecule has 3 atom stereocenters. The Bertz CT molecular complexity index is 2000. The number of rotatable bonds is 4. The molecule has 8 rings (SSSR count). The highest BCUT2D eigenvalue weighted by Crippen LogP contribution is 2.52. The summed E-state index contributed by atoms with van der Waals surface area (Å²) in [5.41, 5.74) is 5.60. The molecule has 3 saturated heterocycles. The van der Waals surface area contributed by atoms with Crippen LogP contribution in [0.4, 0.5) is 28.4 Å². The Morgan fingerprint density at radius 3 is 2.81 bits per heavy atom. The Balaban J connectivity index is 1.37. The van der Waals surface area contributed by atoms with Crippen molar-refractivity contribution in [1.82, 2.24) is 14.9 Å². The zero-order valence-electron chi connectivity index (χ0n) is 25.5. The van der Waals surface area contributed by atoms with Crippen LogP contribution in [-0.2, 0) is 0 Å². The lowest BCUT2D eigenvalue weighted by atomic mass is 9.91. The third kappa shape index (κ3) is 4.62. The van der Waals surface area contributed by atoms with Crippen LogP contribution in [0.2, 0.25) is 5.02 Å². The van der Waals surface area contributed by atoms with E-state index in [0.717, 1.165) is 49.8 Å². The molecule has 0 saturated carbocycles. The minimum Gasteiger partial charge on any atom is -0.491 e. The number of nitriles is 1. The van der Waals surface area contributed by atoms with Crippen LogP contribution in [-0.4, -0.2) is 65.2 Å². The van der Waals surface area contributed by atoms with E-state index in [2.05, 4.69) is 21.8 Å². The van der Waals surface area contributed by atoms with Crippen molar-refractivity contribution >= 4 is 54.7 Å². The molecule has 0 amide bonds. The number of piperidine rings is 1.